The summed E-state index contributed by atoms with van der Waals surface area (Å²) in [5.74, 6) is 0. The summed E-state index contributed by atoms with van der Waals surface area (Å²) in [5, 5.41) is 7.79. The lowest BCUT2D eigenvalue weighted by atomic mass is 10.2. The van der Waals surface area contributed by atoms with Gasteiger partial charge in [0, 0.05) is 16.7 Å². The topological polar surface area (TPSA) is 12.0 Å². The molecule has 0 heterocycles. The van der Waals surface area contributed by atoms with E-state index in [9.17, 15) is 0 Å². The standard InChI is InChI=1S/C26H24NP/c1-20-17-18-25(27-24-16-10-9-11-21(24)2)26(19-20)28(22-12-5-3-6-13-22)23-14-7-4-8-15-23/h3-19,27H,1-2H3. The van der Waals surface area contributed by atoms with E-state index in [0.717, 1.165) is 5.69 Å². The van der Waals surface area contributed by atoms with Gasteiger partial charge in [-0.2, -0.15) is 0 Å². The molecule has 0 aromatic heterocycles. The molecular formula is C26H24NP. The van der Waals surface area contributed by atoms with Gasteiger partial charge in [0.05, 0.1) is 0 Å². The van der Waals surface area contributed by atoms with Gasteiger partial charge in [-0.3, -0.25) is 0 Å². The minimum atomic E-state index is -0.651. The maximum absolute atomic E-state index is 3.70. The van der Waals surface area contributed by atoms with Crippen molar-refractivity contribution < 1.29 is 0 Å². The first-order valence-corrected chi connectivity index (χ1v) is 10.9. The van der Waals surface area contributed by atoms with Crippen LogP contribution in [0.25, 0.3) is 0 Å². The minimum Gasteiger partial charge on any atom is -0.355 e. The zero-order chi connectivity index (χ0) is 19.3. The number of aryl methyl sites for hydroxylation is 2. The molecule has 138 valence electrons. The molecule has 2 heteroatoms. The Hall–Kier alpha value is -2.89. The molecule has 0 aliphatic heterocycles. The number of benzene rings is 4. The summed E-state index contributed by atoms with van der Waals surface area (Å²) in [6.45, 7) is 4.32. The SMILES string of the molecule is Cc1ccc(Nc2ccccc2C)c(P(c2ccccc2)c2ccccc2)c1. The molecule has 0 bridgehead atoms. The van der Waals surface area contributed by atoms with Crippen LogP contribution in [0.15, 0.2) is 103 Å². The molecule has 0 saturated heterocycles. The molecule has 0 aliphatic carbocycles. The van der Waals surface area contributed by atoms with Crippen LogP contribution in [0.4, 0.5) is 11.4 Å². The quantitative estimate of drug-likeness (QED) is 0.431. The highest BCUT2D eigenvalue weighted by Crippen LogP contribution is 2.37. The molecule has 0 amide bonds. The Morgan fingerprint density at radius 3 is 1.75 bits per heavy atom. The molecule has 28 heavy (non-hydrogen) atoms. The summed E-state index contributed by atoms with van der Waals surface area (Å²) in [5.41, 5.74) is 4.87. The van der Waals surface area contributed by atoms with E-state index in [1.807, 2.05) is 0 Å². The summed E-state index contributed by atoms with van der Waals surface area (Å²) in [6, 6.07) is 36.9. The Kier molecular flexibility index (Phi) is 5.55. The predicted molar refractivity (Wildman–Crippen MR) is 124 cm³/mol. The van der Waals surface area contributed by atoms with Gasteiger partial charge in [-0.05, 0) is 56.1 Å². The summed E-state index contributed by atoms with van der Waals surface area (Å²) in [4.78, 5) is 0. The number of hydrogen-bond acceptors (Lipinski definition) is 1. The molecule has 0 spiro atoms. The van der Waals surface area contributed by atoms with Gasteiger partial charge in [0.2, 0.25) is 0 Å². The molecule has 4 rings (SSSR count). The van der Waals surface area contributed by atoms with Crippen LogP contribution in [0, 0.1) is 13.8 Å². The minimum absolute atomic E-state index is 0.651. The lowest BCUT2D eigenvalue weighted by Crippen LogP contribution is -2.23. The summed E-state index contributed by atoms with van der Waals surface area (Å²) in [6.07, 6.45) is 0. The Morgan fingerprint density at radius 1 is 0.571 bits per heavy atom. The second-order valence-corrected chi connectivity index (χ2v) is 9.15. The fraction of sp³-hybridized carbons (Fsp3) is 0.0769. The van der Waals surface area contributed by atoms with Crippen molar-refractivity contribution in [3.05, 3.63) is 114 Å². The van der Waals surface area contributed by atoms with Crippen molar-refractivity contribution in [3.63, 3.8) is 0 Å². The van der Waals surface area contributed by atoms with Crippen LogP contribution >= 0.6 is 7.92 Å². The highest BCUT2D eigenvalue weighted by atomic mass is 31.1. The van der Waals surface area contributed by atoms with Crippen LogP contribution in [0.5, 0.6) is 0 Å². The molecule has 0 fully saturated rings. The van der Waals surface area contributed by atoms with Gasteiger partial charge in [-0.15, -0.1) is 0 Å². The number of rotatable bonds is 5. The Balaban J connectivity index is 1.87. The number of hydrogen-bond donors (Lipinski definition) is 1. The van der Waals surface area contributed by atoms with Crippen LogP contribution in [0.1, 0.15) is 11.1 Å². The molecule has 0 saturated carbocycles. The van der Waals surface area contributed by atoms with Crippen LogP contribution in [0.3, 0.4) is 0 Å². The molecule has 0 unspecified atom stereocenters. The van der Waals surface area contributed by atoms with Gasteiger partial charge >= 0.3 is 0 Å². The number of anilines is 2. The highest BCUT2D eigenvalue weighted by Gasteiger charge is 2.20. The maximum atomic E-state index is 3.70. The van der Waals surface area contributed by atoms with Crippen molar-refractivity contribution in [2.75, 3.05) is 5.32 Å². The van der Waals surface area contributed by atoms with Crippen molar-refractivity contribution in [2.45, 2.75) is 13.8 Å². The molecule has 0 atom stereocenters. The summed E-state index contributed by atoms with van der Waals surface area (Å²) >= 11 is 0. The smallest absolute Gasteiger partial charge is 0.0469 e. The maximum Gasteiger partial charge on any atom is 0.0469 e. The first-order chi connectivity index (χ1) is 13.7. The average molecular weight is 381 g/mol. The van der Waals surface area contributed by atoms with Crippen molar-refractivity contribution in [2.24, 2.45) is 0 Å². The lowest BCUT2D eigenvalue weighted by molar-refractivity contribution is 1.42. The molecule has 4 aromatic rings. The van der Waals surface area contributed by atoms with E-state index in [-0.39, 0.29) is 0 Å². The monoisotopic (exact) mass is 381 g/mol. The van der Waals surface area contributed by atoms with Gasteiger partial charge in [-0.25, -0.2) is 0 Å². The highest BCUT2D eigenvalue weighted by molar-refractivity contribution is 7.80. The molecule has 1 nitrogen and oxygen atoms in total. The van der Waals surface area contributed by atoms with Gasteiger partial charge in [0.25, 0.3) is 0 Å². The zero-order valence-corrected chi connectivity index (χ0v) is 17.2. The number of para-hydroxylation sites is 1. The Bertz CT molecular complexity index is 1020. The van der Waals surface area contributed by atoms with E-state index in [1.54, 1.807) is 0 Å². The molecule has 0 aliphatic rings. The van der Waals surface area contributed by atoms with E-state index in [2.05, 4.69) is 122 Å². The molecule has 4 aromatic carbocycles. The third-order valence-electron chi connectivity index (χ3n) is 4.84. The van der Waals surface area contributed by atoms with Gasteiger partial charge in [0.1, 0.15) is 0 Å². The second kappa shape index (κ2) is 8.42. The predicted octanol–water partition coefficient (Wildman–Crippen LogP) is 5.81. The molecule has 1 N–H and O–H groups in total. The third kappa shape index (κ3) is 4.01. The first-order valence-electron chi connectivity index (χ1n) is 9.56. The first kappa shape index (κ1) is 18.5. The molecular weight excluding hydrogens is 357 g/mol. The normalized spacial score (nSPS) is 10.8. The van der Waals surface area contributed by atoms with Crippen LogP contribution in [0.2, 0.25) is 0 Å². The second-order valence-electron chi connectivity index (χ2n) is 6.97. The summed E-state index contributed by atoms with van der Waals surface area (Å²) < 4.78 is 0. The van der Waals surface area contributed by atoms with Crippen molar-refractivity contribution >= 4 is 35.2 Å². The van der Waals surface area contributed by atoms with Crippen LogP contribution in [-0.2, 0) is 0 Å². The van der Waals surface area contributed by atoms with Crippen molar-refractivity contribution in [1.29, 1.82) is 0 Å². The van der Waals surface area contributed by atoms with E-state index in [1.165, 1.54) is 32.7 Å². The molecule has 0 radical (unpaired) electrons. The van der Waals surface area contributed by atoms with Gasteiger partial charge in [0.15, 0.2) is 0 Å². The van der Waals surface area contributed by atoms with E-state index in [4.69, 9.17) is 0 Å². The van der Waals surface area contributed by atoms with E-state index < -0.39 is 7.92 Å². The third-order valence-corrected chi connectivity index (χ3v) is 7.32. The lowest BCUT2D eigenvalue weighted by Gasteiger charge is -2.24. The van der Waals surface area contributed by atoms with E-state index >= 15 is 0 Å². The van der Waals surface area contributed by atoms with Crippen molar-refractivity contribution in [3.8, 4) is 0 Å². The van der Waals surface area contributed by atoms with Crippen LogP contribution in [-0.4, -0.2) is 0 Å². The zero-order valence-electron chi connectivity index (χ0n) is 16.3. The van der Waals surface area contributed by atoms with Gasteiger partial charge < -0.3 is 5.32 Å². The Labute approximate surface area is 168 Å². The van der Waals surface area contributed by atoms with E-state index in [0.29, 0.717) is 0 Å². The largest absolute Gasteiger partial charge is 0.355 e. The fourth-order valence-electron chi connectivity index (χ4n) is 3.37. The fourth-order valence-corrected chi connectivity index (χ4v) is 5.87. The average Bonchev–Trinajstić information content (AvgIpc) is 2.73. The van der Waals surface area contributed by atoms with Gasteiger partial charge in [-0.1, -0.05) is 90.5 Å². The number of nitrogens with one attached hydrogen (secondary N) is 1. The van der Waals surface area contributed by atoms with Crippen LogP contribution < -0.4 is 21.2 Å². The van der Waals surface area contributed by atoms with Crippen molar-refractivity contribution in [1.82, 2.24) is 0 Å². The summed E-state index contributed by atoms with van der Waals surface area (Å²) in [7, 11) is -0.651. The Morgan fingerprint density at radius 2 is 1.14 bits per heavy atom.